The fourth-order valence-electron chi connectivity index (χ4n) is 1.55. The van der Waals surface area contributed by atoms with E-state index in [0.717, 1.165) is 11.3 Å². The van der Waals surface area contributed by atoms with Crippen molar-refractivity contribution in [3.63, 3.8) is 0 Å². The van der Waals surface area contributed by atoms with Crippen LogP contribution in [0.3, 0.4) is 0 Å². The Balaban J connectivity index is 2.56. The van der Waals surface area contributed by atoms with Crippen molar-refractivity contribution in [3.8, 4) is 0 Å². The molecule has 16 heavy (non-hydrogen) atoms. The molecule has 1 heterocycles. The summed E-state index contributed by atoms with van der Waals surface area (Å²) in [5.41, 5.74) is 2.20. The lowest BCUT2D eigenvalue weighted by Gasteiger charge is -2.05. The zero-order chi connectivity index (χ0) is 12.1. The number of aryl methyl sites for hydroxylation is 1. The van der Waals surface area contributed by atoms with Crippen LogP contribution >= 0.6 is 0 Å². The first kappa shape index (κ1) is 12.7. The van der Waals surface area contributed by atoms with Crippen LogP contribution in [0.4, 0.5) is 0 Å². The number of aromatic nitrogens is 2. The average Bonchev–Trinajstić information content (AvgIpc) is 2.59. The normalized spacial score (nSPS) is 10.8. The summed E-state index contributed by atoms with van der Waals surface area (Å²) in [6, 6.07) is 0. The van der Waals surface area contributed by atoms with Gasteiger partial charge >= 0.3 is 5.97 Å². The lowest BCUT2D eigenvalue weighted by Crippen LogP contribution is -2.23. The summed E-state index contributed by atoms with van der Waals surface area (Å²) in [5.74, 6) is 0.131. The number of carbonyl (C=O) groups excluding carboxylic acids is 1. The van der Waals surface area contributed by atoms with E-state index in [-0.39, 0.29) is 12.5 Å². The van der Waals surface area contributed by atoms with Gasteiger partial charge in [0.05, 0.1) is 19.3 Å². The predicted molar refractivity (Wildman–Crippen MR) is 61.0 cm³/mol. The topological polar surface area (TPSA) is 56.1 Å². The van der Waals surface area contributed by atoms with Gasteiger partial charge in [-0.2, -0.15) is 5.10 Å². The molecule has 0 bridgehead atoms. The van der Waals surface area contributed by atoms with Crippen molar-refractivity contribution >= 4 is 5.97 Å². The molecule has 1 aromatic rings. The molecule has 0 unspecified atom stereocenters. The Morgan fingerprint density at radius 3 is 2.88 bits per heavy atom. The second-order valence-electron chi connectivity index (χ2n) is 4.05. The first-order valence-electron chi connectivity index (χ1n) is 5.34. The average molecular weight is 225 g/mol. The lowest BCUT2D eigenvalue weighted by atomic mass is 10.1. The van der Waals surface area contributed by atoms with E-state index >= 15 is 0 Å². The molecule has 0 saturated heterocycles. The molecule has 0 aliphatic carbocycles. The molecule has 1 aromatic heterocycles. The number of nitrogens with zero attached hydrogens (tertiary/aromatic N) is 2. The molecule has 1 rings (SSSR count). The van der Waals surface area contributed by atoms with E-state index in [1.807, 2.05) is 13.2 Å². The van der Waals surface area contributed by atoms with Crippen LogP contribution in [0.25, 0.3) is 0 Å². The largest absolute Gasteiger partial charge is 0.468 e. The van der Waals surface area contributed by atoms with Gasteiger partial charge in [0.25, 0.3) is 0 Å². The number of nitrogens with one attached hydrogen (secondary N) is 1. The minimum Gasteiger partial charge on any atom is -0.468 e. The van der Waals surface area contributed by atoms with Crippen LogP contribution in [-0.2, 0) is 23.1 Å². The number of rotatable bonds is 5. The molecule has 0 radical (unpaired) electrons. The van der Waals surface area contributed by atoms with Gasteiger partial charge in [0.15, 0.2) is 0 Å². The van der Waals surface area contributed by atoms with E-state index < -0.39 is 0 Å². The highest BCUT2D eigenvalue weighted by Gasteiger charge is 2.11. The van der Waals surface area contributed by atoms with Crippen LogP contribution in [0.15, 0.2) is 6.20 Å². The zero-order valence-corrected chi connectivity index (χ0v) is 10.3. The smallest absolute Gasteiger partial charge is 0.319 e. The van der Waals surface area contributed by atoms with E-state index in [2.05, 4.69) is 29.0 Å². The molecule has 0 atom stereocenters. The number of carbonyl (C=O) groups is 1. The van der Waals surface area contributed by atoms with Gasteiger partial charge in [0.1, 0.15) is 0 Å². The quantitative estimate of drug-likeness (QED) is 0.753. The highest BCUT2D eigenvalue weighted by molar-refractivity contribution is 5.71. The summed E-state index contributed by atoms with van der Waals surface area (Å²) in [6.45, 7) is 5.07. The maximum atomic E-state index is 10.9. The zero-order valence-electron chi connectivity index (χ0n) is 10.3. The maximum Gasteiger partial charge on any atom is 0.319 e. The fraction of sp³-hybridized carbons (Fsp3) is 0.636. The lowest BCUT2D eigenvalue weighted by molar-refractivity contribution is -0.139. The summed E-state index contributed by atoms with van der Waals surface area (Å²) in [6.07, 6.45) is 1.97. The van der Waals surface area contributed by atoms with E-state index in [9.17, 15) is 4.79 Å². The van der Waals surface area contributed by atoms with Crippen molar-refractivity contribution in [2.24, 2.45) is 7.05 Å². The summed E-state index contributed by atoms with van der Waals surface area (Å²) in [5, 5.41) is 7.42. The number of esters is 1. The van der Waals surface area contributed by atoms with Gasteiger partial charge in [-0.1, -0.05) is 13.8 Å². The molecule has 1 N–H and O–H groups in total. The van der Waals surface area contributed by atoms with Crippen LogP contribution in [-0.4, -0.2) is 29.4 Å². The van der Waals surface area contributed by atoms with Gasteiger partial charge in [0.2, 0.25) is 0 Å². The Morgan fingerprint density at radius 1 is 1.62 bits per heavy atom. The Labute approximate surface area is 95.8 Å². The third kappa shape index (κ3) is 3.34. The first-order chi connectivity index (χ1) is 7.54. The van der Waals surface area contributed by atoms with Crippen molar-refractivity contribution in [2.75, 3.05) is 13.7 Å². The molecular weight excluding hydrogens is 206 g/mol. The van der Waals surface area contributed by atoms with Crippen molar-refractivity contribution in [1.82, 2.24) is 15.1 Å². The Kier molecular flexibility index (Phi) is 4.49. The number of methoxy groups -OCH3 is 1. The van der Waals surface area contributed by atoms with Crippen LogP contribution < -0.4 is 5.32 Å². The van der Waals surface area contributed by atoms with Crippen LogP contribution in [0.5, 0.6) is 0 Å². The minimum absolute atomic E-state index is 0.225. The Hall–Kier alpha value is -1.36. The van der Waals surface area contributed by atoms with Crippen LogP contribution in [0, 0.1) is 0 Å². The van der Waals surface area contributed by atoms with Gasteiger partial charge in [-0.05, 0) is 5.92 Å². The molecule has 5 nitrogen and oxygen atoms in total. The van der Waals surface area contributed by atoms with E-state index in [1.54, 1.807) is 4.68 Å². The third-order valence-corrected chi connectivity index (χ3v) is 2.30. The molecule has 5 heteroatoms. The minimum atomic E-state index is -0.255. The Morgan fingerprint density at radius 2 is 2.31 bits per heavy atom. The van der Waals surface area contributed by atoms with Gasteiger partial charge in [-0.15, -0.1) is 0 Å². The second kappa shape index (κ2) is 5.65. The molecule has 0 aliphatic heterocycles. The monoisotopic (exact) mass is 225 g/mol. The van der Waals surface area contributed by atoms with Crippen molar-refractivity contribution in [3.05, 3.63) is 17.5 Å². The van der Waals surface area contributed by atoms with Gasteiger partial charge in [0, 0.05) is 25.4 Å². The summed E-state index contributed by atoms with van der Waals surface area (Å²) in [7, 11) is 3.28. The molecule has 0 amide bonds. The van der Waals surface area contributed by atoms with Gasteiger partial charge in [-0.25, -0.2) is 0 Å². The molecule has 0 fully saturated rings. The van der Waals surface area contributed by atoms with E-state index in [1.165, 1.54) is 7.11 Å². The molecule has 0 spiro atoms. The second-order valence-corrected chi connectivity index (χ2v) is 4.05. The van der Waals surface area contributed by atoms with Crippen LogP contribution in [0.2, 0.25) is 0 Å². The highest BCUT2D eigenvalue weighted by Crippen LogP contribution is 2.16. The van der Waals surface area contributed by atoms with E-state index in [0.29, 0.717) is 12.5 Å². The number of hydrogen-bond donors (Lipinski definition) is 1. The maximum absolute atomic E-state index is 10.9. The van der Waals surface area contributed by atoms with Crippen molar-refractivity contribution in [2.45, 2.75) is 26.3 Å². The van der Waals surface area contributed by atoms with E-state index in [4.69, 9.17) is 0 Å². The summed E-state index contributed by atoms with van der Waals surface area (Å²) < 4.78 is 6.34. The highest BCUT2D eigenvalue weighted by atomic mass is 16.5. The first-order valence-corrected chi connectivity index (χ1v) is 5.34. The SMILES string of the molecule is COC(=O)CNCc1cn(C)nc1C(C)C. The molecule has 0 saturated carbocycles. The van der Waals surface area contributed by atoms with Crippen molar-refractivity contribution in [1.29, 1.82) is 0 Å². The molecule has 90 valence electrons. The number of hydrogen-bond acceptors (Lipinski definition) is 4. The van der Waals surface area contributed by atoms with Gasteiger partial charge < -0.3 is 10.1 Å². The number of ether oxygens (including phenoxy) is 1. The van der Waals surface area contributed by atoms with Crippen molar-refractivity contribution < 1.29 is 9.53 Å². The van der Waals surface area contributed by atoms with Crippen LogP contribution in [0.1, 0.15) is 31.0 Å². The fourth-order valence-corrected chi connectivity index (χ4v) is 1.55. The molecule has 0 aromatic carbocycles. The Bertz CT molecular complexity index is 358. The molecule has 0 aliphatic rings. The third-order valence-electron chi connectivity index (χ3n) is 2.30. The summed E-state index contributed by atoms with van der Waals surface area (Å²) in [4.78, 5) is 10.9. The summed E-state index contributed by atoms with van der Waals surface area (Å²) >= 11 is 0. The van der Waals surface area contributed by atoms with Gasteiger partial charge in [-0.3, -0.25) is 9.48 Å². The molecular formula is C11H19N3O2. The standard InChI is InChI=1S/C11H19N3O2/c1-8(2)11-9(7-14(3)13-11)5-12-6-10(15)16-4/h7-8,12H,5-6H2,1-4H3. The predicted octanol–water partition coefficient (Wildman–Crippen LogP) is 0.806.